The molecule has 1 aromatic carbocycles. The molecule has 0 N–H and O–H groups in total. The summed E-state index contributed by atoms with van der Waals surface area (Å²) in [5.74, 6) is -0.170. The Balaban J connectivity index is 2.17. The van der Waals surface area contributed by atoms with Crippen LogP contribution in [0.1, 0.15) is 27.7 Å². The van der Waals surface area contributed by atoms with Crippen molar-refractivity contribution < 1.29 is 28.5 Å². The molecule has 1 fully saturated rings. The molecule has 0 aromatic heterocycles. The van der Waals surface area contributed by atoms with Gasteiger partial charge in [-0.3, -0.25) is 9.59 Å². The summed E-state index contributed by atoms with van der Waals surface area (Å²) in [6.45, 7) is 6.80. The molecular formula is C18H23BrO6. The van der Waals surface area contributed by atoms with E-state index in [9.17, 15) is 9.59 Å². The van der Waals surface area contributed by atoms with Crippen molar-refractivity contribution in [2.24, 2.45) is 11.8 Å². The van der Waals surface area contributed by atoms with Gasteiger partial charge in [0, 0.05) is 24.2 Å². The van der Waals surface area contributed by atoms with Crippen molar-refractivity contribution in [1.82, 2.24) is 0 Å². The van der Waals surface area contributed by atoms with Crippen molar-refractivity contribution in [2.45, 2.75) is 46.2 Å². The van der Waals surface area contributed by atoms with Crippen LogP contribution < -0.4 is 4.74 Å². The van der Waals surface area contributed by atoms with Gasteiger partial charge >= 0.3 is 11.9 Å². The maximum Gasteiger partial charge on any atom is 0.303 e. The van der Waals surface area contributed by atoms with Crippen LogP contribution in [0, 0.1) is 11.8 Å². The third-order valence-electron chi connectivity index (χ3n) is 4.33. The van der Waals surface area contributed by atoms with Gasteiger partial charge in [-0.1, -0.05) is 29.8 Å². The molecule has 1 heterocycles. The second-order valence-electron chi connectivity index (χ2n) is 6.21. The number of carbonyl (C=O) groups excluding carboxylic acids is 2. The van der Waals surface area contributed by atoms with Crippen LogP contribution in [0.3, 0.4) is 0 Å². The number of carbonyl (C=O) groups is 2. The molecule has 0 spiro atoms. The van der Waals surface area contributed by atoms with E-state index < -0.39 is 18.4 Å². The summed E-state index contributed by atoms with van der Waals surface area (Å²) in [6, 6.07) is 7.28. The van der Waals surface area contributed by atoms with Crippen molar-refractivity contribution in [3.8, 4) is 5.75 Å². The summed E-state index contributed by atoms with van der Waals surface area (Å²) >= 11 is 3.37. The van der Waals surface area contributed by atoms with Crippen LogP contribution in [-0.4, -0.2) is 37.0 Å². The molecule has 0 saturated carbocycles. The molecule has 1 aromatic rings. The van der Waals surface area contributed by atoms with Crippen molar-refractivity contribution >= 4 is 27.9 Å². The summed E-state index contributed by atoms with van der Waals surface area (Å²) in [6.07, 6.45) is -1.67. The predicted molar refractivity (Wildman–Crippen MR) is 93.9 cm³/mol. The molecule has 1 saturated heterocycles. The molecule has 0 radical (unpaired) electrons. The Hall–Kier alpha value is -1.60. The summed E-state index contributed by atoms with van der Waals surface area (Å²) in [5, 5.41) is 0. The van der Waals surface area contributed by atoms with Gasteiger partial charge in [-0.25, -0.2) is 0 Å². The molecule has 1 aliphatic rings. The molecule has 1 aliphatic heterocycles. The maximum absolute atomic E-state index is 11.5. The second kappa shape index (κ2) is 8.67. The lowest BCUT2D eigenvalue weighted by molar-refractivity contribution is -0.253. The van der Waals surface area contributed by atoms with Gasteiger partial charge in [-0.05, 0) is 30.2 Å². The number of hydrogen-bond donors (Lipinski definition) is 0. The van der Waals surface area contributed by atoms with E-state index >= 15 is 0 Å². The van der Waals surface area contributed by atoms with Crippen LogP contribution in [0.5, 0.6) is 5.75 Å². The minimum atomic E-state index is -0.781. The van der Waals surface area contributed by atoms with Crippen LogP contribution in [-0.2, 0) is 23.8 Å². The standard InChI is InChI=1S/C18H23BrO6/c1-10-11(2)17(23-13(4)21)18(25-16(10)9-22-12(3)20)24-15-7-5-14(19)6-8-15/h5-8,10-11,16-18H,9H2,1-4H3. The molecule has 25 heavy (non-hydrogen) atoms. The average Bonchev–Trinajstić information content (AvgIpc) is 2.54. The minimum Gasteiger partial charge on any atom is -0.463 e. The van der Waals surface area contributed by atoms with Gasteiger partial charge in [-0.15, -0.1) is 0 Å². The average molecular weight is 415 g/mol. The highest BCUT2D eigenvalue weighted by molar-refractivity contribution is 9.10. The maximum atomic E-state index is 11.5. The van der Waals surface area contributed by atoms with Crippen molar-refractivity contribution in [2.75, 3.05) is 6.61 Å². The van der Waals surface area contributed by atoms with Gasteiger partial charge in [0.25, 0.3) is 0 Å². The molecule has 6 nitrogen and oxygen atoms in total. The van der Waals surface area contributed by atoms with E-state index in [2.05, 4.69) is 15.9 Å². The fourth-order valence-corrected chi connectivity index (χ4v) is 3.01. The smallest absolute Gasteiger partial charge is 0.303 e. The monoisotopic (exact) mass is 414 g/mol. The molecule has 5 unspecified atom stereocenters. The van der Waals surface area contributed by atoms with Gasteiger partial charge < -0.3 is 18.9 Å². The Kier molecular flexibility index (Phi) is 6.84. The molecule has 0 aliphatic carbocycles. The molecule has 5 atom stereocenters. The van der Waals surface area contributed by atoms with Crippen LogP contribution >= 0.6 is 15.9 Å². The first-order valence-corrected chi connectivity index (χ1v) is 8.95. The number of esters is 2. The van der Waals surface area contributed by atoms with E-state index in [1.165, 1.54) is 13.8 Å². The minimum absolute atomic E-state index is 0.0217. The lowest BCUT2D eigenvalue weighted by Gasteiger charge is -2.43. The third-order valence-corrected chi connectivity index (χ3v) is 4.86. The number of benzene rings is 1. The van der Waals surface area contributed by atoms with Crippen LogP contribution in [0.2, 0.25) is 0 Å². The van der Waals surface area contributed by atoms with E-state index in [1.807, 2.05) is 26.0 Å². The highest BCUT2D eigenvalue weighted by atomic mass is 79.9. The normalized spacial score (nSPS) is 28.9. The first kappa shape index (κ1) is 19.7. The van der Waals surface area contributed by atoms with Gasteiger partial charge in [0.1, 0.15) is 12.4 Å². The number of rotatable bonds is 5. The van der Waals surface area contributed by atoms with Crippen LogP contribution in [0.25, 0.3) is 0 Å². The zero-order chi connectivity index (χ0) is 18.6. The molecular weight excluding hydrogens is 392 g/mol. The second-order valence-corrected chi connectivity index (χ2v) is 7.13. The Labute approximate surface area is 155 Å². The lowest BCUT2D eigenvalue weighted by Crippen LogP contribution is -2.54. The Morgan fingerprint density at radius 3 is 2.28 bits per heavy atom. The van der Waals surface area contributed by atoms with Crippen molar-refractivity contribution in [3.05, 3.63) is 28.7 Å². The lowest BCUT2D eigenvalue weighted by atomic mass is 9.83. The number of halogens is 1. The fraction of sp³-hybridized carbons (Fsp3) is 0.556. The molecule has 2 rings (SSSR count). The summed E-state index contributed by atoms with van der Waals surface area (Å²) in [5.41, 5.74) is 0. The summed E-state index contributed by atoms with van der Waals surface area (Å²) in [4.78, 5) is 22.6. The quantitative estimate of drug-likeness (QED) is 0.688. The molecule has 0 amide bonds. The topological polar surface area (TPSA) is 71.1 Å². The van der Waals surface area contributed by atoms with Crippen molar-refractivity contribution in [1.29, 1.82) is 0 Å². The zero-order valence-electron chi connectivity index (χ0n) is 14.7. The van der Waals surface area contributed by atoms with E-state index in [0.717, 1.165) is 4.47 Å². The Morgan fingerprint density at radius 1 is 1.08 bits per heavy atom. The highest BCUT2D eigenvalue weighted by Crippen LogP contribution is 2.34. The molecule has 138 valence electrons. The van der Waals surface area contributed by atoms with E-state index in [4.69, 9.17) is 18.9 Å². The van der Waals surface area contributed by atoms with Crippen molar-refractivity contribution in [3.63, 3.8) is 0 Å². The van der Waals surface area contributed by atoms with Gasteiger partial charge in [0.15, 0.2) is 6.10 Å². The number of hydrogen-bond acceptors (Lipinski definition) is 6. The van der Waals surface area contributed by atoms with E-state index in [1.54, 1.807) is 12.1 Å². The molecule has 0 bridgehead atoms. The predicted octanol–water partition coefficient (Wildman–Crippen LogP) is 3.32. The van der Waals surface area contributed by atoms with E-state index in [0.29, 0.717) is 5.75 Å². The fourth-order valence-electron chi connectivity index (χ4n) is 2.75. The first-order valence-electron chi connectivity index (χ1n) is 8.16. The highest BCUT2D eigenvalue weighted by Gasteiger charge is 2.45. The first-order chi connectivity index (χ1) is 11.8. The van der Waals surface area contributed by atoms with Crippen LogP contribution in [0.15, 0.2) is 28.7 Å². The van der Waals surface area contributed by atoms with E-state index in [-0.39, 0.29) is 30.5 Å². The third kappa shape index (κ3) is 5.44. The zero-order valence-corrected chi connectivity index (χ0v) is 16.3. The number of ether oxygens (including phenoxy) is 4. The largest absolute Gasteiger partial charge is 0.463 e. The SMILES string of the molecule is CC(=O)OCC1OC(Oc2ccc(Br)cc2)C(OC(C)=O)C(C)C1C. The summed E-state index contributed by atoms with van der Waals surface area (Å²) < 4.78 is 23.4. The van der Waals surface area contributed by atoms with Crippen LogP contribution in [0.4, 0.5) is 0 Å². The Morgan fingerprint density at radius 2 is 1.72 bits per heavy atom. The summed E-state index contributed by atoms with van der Waals surface area (Å²) in [7, 11) is 0. The van der Waals surface area contributed by atoms with Gasteiger partial charge in [0.05, 0.1) is 6.10 Å². The Bertz CT molecular complexity index is 600. The van der Waals surface area contributed by atoms with Gasteiger partial charge in [0.2, 0.25) is 6.29 Å². The van der Waals surface area contributed by atoms with Gasteiger partial charge in [-0.2, -0.15) is 0 Å². The molecule has 7 heteroatoms.